The first kappa shape index (κ1) is 11.9. The quantitative estimate of drug-likeness (QED) is 0.734. The third kappa shape index (κ3) is 3.20. The van der Waals surface area contributed by atoms with Crippen LogP contribution in [-0.2, 0) is 4.79 Å². The van der Waals surface area contributed by atoms with Crippen LogP contribution in [0.4, 0.5) is 0 Å². The predicted molar refractivity (Wildman–Crippen MR) is 64.1 cm³/mol. The molecule has 1 fully saturated rings. The van der Waals surface area contributed by atoms with E-state index in [9.17, 15) is 4.79 Å². The Kier molecular flexibility index (Phi) is 3.98. The zero-order chi connectivity index (χ0) is 12.1. The van der Waals surface area contributed by atoms with Crippen LogP contribution < -0.4 is 10.1 Å². The summed E-state index contributed by atoms with van der Waals surface area (Å²) < 4.78 is 5.51. The van der Waals surface area contributed by atoms with Crippen LogP contribution in [0.3, 0.4) is 0 Å². The summed E-state index contributed by atoms with van der Waals surface area (Å²) in [6.07, 6.45) is 1.73. The van der Waals surface area contributed by atoms with Gasteiger partial charge in [0.05, 0.1) is 5.92 Å². The summed E-state index contributed by atoms with van der Waals surface area (Å²) in [6.45, 7) is 1.25. The van der Waals surface area contributed by atoms with Gasteiger partial charge in [0.1, 0.15) is 12.4 Å². The van der Waals surface area contributed by atoms with Gasteiger partial charge in [-0.2, -0.15) is 0 Å². The maximum atomic E-state index is 10.8. The van der Waals surface area contributed by atoms with E-state index >= 15 is 0 Å². The second-order valence-corrected chi connectivity index (χ2v) is 4.24. The van der Waals surface area contributed by atoms with Crippen LogP contribution in [0.25, 0.3) is 0 Å². The molecule has 1 aliphatic rings. The predicted octanol–water partition coefficient (Wildman–Crippen LogP) is 1.52. The maximum Gasteiger partial charge on any atom is 0.308 e. The van der Waals surface area contributed by atoms with Crippen molar-refractivity contribution in [3.63, 3.8) is 0 Å². The number of aliphatic carboxylic acids is 1. The van der Waals surface area contributed by atoms with Crippen molar-refractivity contribution >= 4 is 5.97 Å². The second-order valence-electron chi connectivity index (χ2n) is 4.24. The summed E-state index contributed by atoms with van der Waals surface area (Å²) in [7, 11) is 0. The van der Waals surface area contributed by atoms with Crippen molar-refractivity contribution in [3.8, 4) is 5.75 Å². The number of carbonyl (C=O) groups is 1. The molecule has 1 saturated carbocycles. The molecule has 92 valence electrons. The zero-order valence-corrected chi connectivity index (χ0v) is 9.63. The highest BCUT2D eigenvalue weighted by Crippen LogP contribution is 2.27. The van der Waals surface area contributed by atoms with Gasteiger partial charge >= 0.3 is 5.97 Å². The summed E-state index contributed by atoms with van der Waals surface area (Å²) in [5.41, 5.74) is 0. The van der Waals surface area contributed by atoms with E-state index < -0.39 is 5.97 Å². The lowest BCUT2D eigenvalue weighted by Gasteiger charge is -2.34. The van der Waals surface area contributed by atoms with Gasteiger partial charge in [-0.05, 0) is 25.0 Å². The van der Waals surface area contributed by atoms with Gasteiger partial charge in [0.15, 0.2) is 0 Å². The Morgan fingerprint density at radius 2 is 2.12 bits per heavy atom. The minimum atomic E-state index is -0.697. The van der Waals surface area contributed by atoms with Crippen LogP contribution >= 0.6 is 0 Å². The Labute approximate surface area is 101 Å². The lowest BCUT2D eigenvalue weighted by Crippen LogP contribution is -2.48. The monoisotopic (exact) mass is 235 g/mol. The van der Waals surface area contributed by atoms with Crippen molar-refractivity contribution in [2.45, 2.75) is 18.9 Å². The first-order valence-electron chi connectivity index (χ1n) is 5.91. The Bertz CT molecular complexity index is 366. The van der Waals surface area contributed by atoms with Gasteiger partial charge in [-0.3, -0.25) is 4.79 Å². The molecule has 4 nitrogen and oxygen atoms in total. The van der Waals surface area contributed by atoms with E-state index in [1.807, 2.05) is 30.3 Å². The fourth-order valence-corrected chi connectivity index (χ4v) is 1.97. The van der Waals surface area contributed by atoms with E-state index in [0.29, 0.717) is 13.2 Å². The van der Waals surface area contributed by atoms with Crippen molar-refractivity contribution in [3.05, 3.63) is 30.3 Å². The van der Waals surface area contributed by atoms with Crippen LogP contribution in [0.1, 0.15) is 12.8 Å². The van der Waals surface area contributed by atoms with Crippen molar-refractivity contribution < 1.29 is 14.6 Å². The number of carboxylic acids is 1. The fraction of sp³-hybridized carbons (Fsp3) is 0.462. The van der Waals surface area contributed by atoms with Crippen molar-refractivity contribution in [1.29, 1.82) is 0 Å². The van der Waals surface area contributed by atoms with Crippen LogP contribution in [-0.4, -0.2) is 30.3 Å². The molecule has 1 aromatic rings. The lowest BCUT2D eigenvalue weighted by atomic mass is 9.79. The van der Waals surface area contributed by atoms with Gasteiger partial charge in [-0.1, -0.05) is 18.2 Å². The van der Waals surface area contributed by atoms with Gasteiger partial charge in [-0.25, -0.2) is 0 Å². The van der Waals surface area contributed by atoms with Crippen molar-refractivity contribution in [2.24, 2.45) is 5.92 Å². The van der Waals surface area contributed by atoms with Crippen molar-refractivity contribution in [2.75, 3.05) is 13.2 Å². The molecule has 17 heavy (non-hydrogen) atoms. The molecular formula is C13H17NO3. The summed E-state index contributed by atoms with van der Waals surface area (Å²) in [6, 6.07) is 9.72. The van der Waals surface area contributed by atoms with Gasteiger partial charge < -0.3 is 15.2 Å². The number of hydrogen-bond donors (Lipinski definition) is 2. The molecule has 0 radical (unpaired) electrons. The molecule has 4 heteroatoms. The Morgan fingerprint density at radius 3 is 2.71 bits per heavy atom. The Balaban J connectivity index is 1.62. The SMILES string of the molecule is O=C(O)C1CCC1NCCOc1ccccc1. The molecule has 0 aliphatic heterocycles. The summed E-state index contributed by atoms with van der Waals surface area (Å²) in [5, 5.41) is 12.1. The Morgan fingerprint density at radius 1 is 1.35 bits per heavy atom. The van der Waals surface area contributed by atoms with Crippen LogP contribution in [0.15, 0.2) is 30.3 Å². The molecule has 0 spiro atoms. The highest BCUT2D eigenvalue weighted by atomic mass is 16.5. The highest BCUT2D eigenvalue weighted by molar-refractivity contribution is 5.72. The van der Waals surface area contributed by atoms with E-state index in [4.69, 9.17) is 9.84 Å². The third-order valence-electron chi connectivity index (χ3n) is 3.11. The molecule has 1 aromatic carbocycles. The second kappa shape index (κ2) is 5.68. The highest BCUT2D eigenvalue weighted by Gasteiger charge is 2.35. The summed E-state index contributed by atoms with van der Waals surface area (Å²) in [4.78, 5) is 10.8. The average molecular weight is 235 g/mol. The first-order valence-corrected chi connectivity index (χ1v) is 5.91. The first-order chi connectivity index (χ1) is 8.27. The maximum absolute atomic E-state index is 10.8. The minimum absolute atomic E-state index is 0.117. The molecule has 0 saturated heterocycles. The number of ether oxygens (including phenoxy) is 1. The number of benzene rings is 1. The average Bonchev–Trinajstić information content (AvgIpc) is 2.27. The van der Waals surface area contributed by atoms with Gasteiger partial charge in [0.2, 0.25) is 0 Å². The molecule has 0 aromatic heterocycles. The topological polar surface area (TPSA) is 58.6 Å². The van der Waals surface area contributed by atoms with E-state index in [0.717, 1.165) is 18.6 Å². The zero-order valence-electron chi connectivity index (χ0n) is 9.63. The molecule has 0 amide bonds. The molecule has 2 rings (SSSR count). The van der Waals surface area contributed by atoms with Crippen molar-refractivity contribution in [1.82, 2.24) is 5.32 Å². The van der Waals surface area contributed by atoms with E-state index in [2.05, 4.69) is 5.32 Å². The minimum Gasteiger partial charge on any atom is -0.492 e. The Hall–Kier alpha value is -1.55. The number of hydrogen-bond acceptors (Lipinski definition) is 3. The molecule has 2 unspecified atom stereocenters. The van der Waals surface area contributed by atoms with Gasteiger partial charge in [0, 0.05) is 12.6 Å². The number of rotatable bonds is 6. The fourth-order valence-electron chi connectivity index (χ4n) is 1.97. The van der Waals surface area contributed by atoms with Crippen LogP contribution in [0, 0.1) is 5.92 Å². The van der Waals surface area contributed by atoms with Crippen LogP contribution in [0.5, 0.6) is 5.75 Å². The molecule has 2 atom stereocenters. The lowest BCUT2D eigenvalue weighted by molar-refractivity contribution is -0.146. The summed E-state index contributed by atoms with van der Waals surface area (Å²) in [5.74, 6) is -0.0675. The van der Waals surface area contributed by atoms with E-state index in [-0.39, 0.29) is 12.0 Å². The van der Waals surface area contributed by atoms with Gasteiger partial charge in [0.25, 0.3) is 0 Å². The molecule has 0 heterocycles. The van der Waals surface area contributed by atoms with E-state index in [1.165, 1.54) is 0 Å². The van der Waals surface area contributed by atoms with E-state index in [1.54, 1.807) is 0 Å². The molecular weight excluding hydrogens is 218 g/mol. The van der Waals surface area contributed by atoms with Crippen LogP contribution in [0.2, 0.25) is 0 Å². The standard InChI is InChI=1S/C13H17NO3/c15-13(16)11-6-7-12(11)14-8-9-17-10-4-2-1-3-5-10/h1-5,11-12,14H,6-9H2,(H,15,16). The number of nitrogens with one attached hydrogen (secondary N) is 1. The molecule has 2 N–H and O–H groups in total. The number of para-hydroxylation sites is 1. The normalized spacial score (nSPS) is 22.8. The molecule has 1 aliphatic carbocycles. The smallest absolute Gasteiger partial charge is 0.308 e. The van der Waals surface area contributed by atoms with Gasteiger partial charge in [-0.15, -0.1) is 0 Å². The summed E-state index contributed by atoms with van der Waals surface area (Å²) >= 11 is 0. The largest absolute Gasteiger partial charge is 0.492 e. The molecule has 0 bridgehead atoms. The number of carboxylic acid groups (broad SMARTS) is 1. The third-order valence-corrected chi connectivity index (χ3v) is 3.11.